The highest BCUT2D eigenvalue weighted by atomic mass is 79.9. The number of methoxy groups -OCH3 is 1. The molecule has 1 atom stereocenters. The van der Waals surface area contributed by atoms with Crippen molar-refractivity contribution in [3.63, 3.8) is 0 Å². The van der Waals surface area contributed by atoms with Crippen molar-refractivity contribution in [2.45, 2.75) is 63.5 Å². The largest absolute Gasteiger partial charge is 0.377 e. The molecule has 6 heteroatoms. The summed E-state index contributed by atoms with van der Waals surface area (Å²) in [6.45, 7) is 2.01. The minimum absolute atomic E-state index is 0.0895. The number of nitrogens with zero attached hydrogens (tertiary/aromatic N) is 2. The van der Waals surface area contributed by atoms with Crippen molar-refractivity contribution in [2.24, 2.45) is 12.9 Å². The van der Waals surface area contributed by atoms with Crippen LogP contribution in [0.15, 0.2) is 4.47 Å². The molecule has 1 saturated carbocycles. The predicted octanol–water partition coefficient (Wildman–Crippen LogP) is 2.60. The molecule has 1 fully saturated rings. The molecule has 120 valence electrons. The second-order valence-corrected chi connectivity index (χ2v) is 6.87. The molecule has 1 unspecified atom stereocenters. The van der Waals surface area contributed by atoms with E-state index in [4.69, 9.17) is 10.6 Å². The third kappa shape index (κ3) is 3.50. The molecule has 0 saturated heterocycles. The van der Waals surface area contributed by atoms with Gasteiger partial charge in [-0.05, 0) is 35.7 Å². The van der Waals surface area contributed by atoms with Gasteiger partial charge in [-0.25, -0.2) is 0 Å². The van der Waals surface area contributed by atoms with Gasteiger partial charge >= 0.3 is 0 Å². The molecule has 1 aromatic rings. The van der Waals surface area contributed by atoms with Crippen LogP contribution in [0.3, 0.4) is 0 Å². The van der Waals surface area contributed by atoms with E-state index in [0.717, 1.165) is 35.1 Å². The lowest BCUT2D eigenvalue weighted by Crippen LogP contribution is -2.55. The molecule has 3 N–H and O–H groups in total. The second-order valence-electron chi connectivity index (χ2n) is 6.08. The fourth-order valence-electron chi connectivity index (χ4n) is 3.51. The van der Waals surface area contributed by atoms with Gasteiger partial charge in [0.2, 0.25) is 0 Å². The third-order valence-corrected chi connectivity index (χ3v) is 5.88. The molecule has 1 aromatic heterocycles. The Morgan fingerprint density at radius 1 is 1.38 bits per heavy atom. The van der Waals surface area contributed by atoms with E-state index in [1.54, 1.807) is 0 Å². The van der Waals surface area contributed by atoms with Crippen LogP contribution in [-0.4, -0.2) is 28.5 Å². The van der Waals surface area contributed by atoms with Gasteiger partial charge in [0, 0.05) is 20.6 Å². The van der Waals surface area contributed by atoms with E-state index in [1.807, 2.05) is 25.8 Å². The highest BCUT2D eigenvalue weighted by molar-refractivity contribution is 9.10. The Labute approximate surface area is 135 Å². The topological polar surface area (TPSA) is 65.1 Å². The Bertz CT molecular complexity index is 466. The Balaban J connectivity index is 2.24. The molecule has 0 amide bonds. The van der Waals surface area contributed by atoms with Gasteiger partial charge in [-0.1, -0.05) is 25.7 Å². The number of hydrazine groups is 1. The number of halogens is 1. The van der Waals surface area contributed by atoms with Gasteiger partial charge in [0.05, 0.1) is 27.5 Å². The second kappa shape index (κ2) is 7.22. The highest BCUT2D eigenvalue weighted by Gasteiger charge is 2.39. The highest BCUT2D eigenvalue weighted by Crippen LogP contribution is 2.35. The lowest BCUT2D eigenvalue weighted by Gasteiger charge is -2.39. The average molecular weight is 359 g/mol. The number of aryl methyl sites for hydroxylation is 2. The standard InChI is InChI=1S/C15H27BrN4O/c1-11-14(16)12(20(2)19-11)10-13(18-17)15(21-3)8-6-4-5-7-9-15/h13,18H,4-10,17H2,1-3H3. The lowest BCUT2D eigenvalue weighted by atomic mass is 9.84. The maximum absolute atomic E-state index is 5.98. The number of nitrogens with one attached hydrogen (secondary N) is 1. The maximum atomic E-state index is 5.98. The van der Waals surface area contributed by atoms with Gasteiger partial charge in [0.1, 0.15) is 0 Å². The zero-order valence-corrected chi connectivity index (χ0v) is 14.9. The van der Waals surface area contributed by atoms with E-state index >= 15 is 0 Å². The first-order valence-corrected chi connectivity index (χ1v) is 8.52. The maximum Gasteiger partial charge on any atom is 0.0848 e. The van der Waals surface area contributed by atoms with Gasteiger partial charge in [-0.15, -0.1) is 0 Å². The molecule has 0 aliphatic heterocycles. The number of hydrogen-bond donors (Lipinski definition) is 2. The zero-order chi connectivity index (χ0) is 15.5. The van der Waals surface area contributed by atoms with Crippen LogP contribution in [0.4, 0.5) is 0 Å². The van der Waals surface area contributed by atoms with Crippen molar-refractivity contribution in [2.75, 3.05) is 7.11 Å². The predicted molar refractivity (Wildman–Crippen MR) is 87.9 cm³/mol. The fraction of sp³-hybridized carbons (Fsp3) is 0.800. The summed E-state index contributed by atoms with van der Waals surface area (Å²) in [5.74, 6) is 5.90. The average Bonchev–Trinajstić information content (AvgIpc) is 2.67. The summed E-state index contributed by atoms with van der Waals surface area (Å²) < 4.78 is 8.99. The van der Waals surface area contributed by atoms with Crippen LogP contribution >= 0.6 is 15.9 Å². The van der Waals surface area contributed by atoms with Crippen molar-refractivity contribution in [3.05, 3.63) is 15.9 Å². The normalized spacial score (nSPS) is 20.2. The van der Waals surface area contributed by atoms with E-state index in [1.165, 1.54) is 25.7 Å². The molecule has 5 nitrogen and oxygen atoms in total. The Morgan fingerprint density at radius 3 is 2.43 bits per heavy atom. The van der Waals surface area contributed by atoms with E-state index in [2.05, 4.69) is 26.5 Å². The molecule has 1 aliphatic rings. The van der Waals surface area contributed by atoms with Gasteiger partial charge in [0.15, 0.2) is 0 Å². The van der Waals surface area contributed by atoms with Crippen LogP contribution in [0.2, 0.25) is 0 Å². The molecular formula is C15H27BrN4O. The molecule has 0 spiro atoms. The molecule has 0 radical (unpaired) electrons. The van der Waals surface area contributed by atoms with Crippen LogP contribution in [0.5, 0.6) is 0 Å². The van der Waals surface area contributed by atoms with Gasteiger partial charge in [-0.3, -0.25) is 16.0 Å². The van der Waals surface area contributed by atoms with Gasteiger partial charge in [0.25, 0.3) is 0 Å². The van der Waals surface area contributed by atoms with Crippen molar-refractivity contribution in [1.29, 1.82) is 0 Å². The monoisotopic (exact) mass is 358 g/mol. The van der Waals surface area contributed by atoms with Crippen molar-refractivity contribution in [1.82, 2.24) is 15.2 Å². The number of ether oxygens (including phenoxy) is 1. The van der Waals surface area contributed by atoms with Crippen LogP contribution < -0.4 is 11.3 Å². The van der Waals surface area contributed by atoms with Crippen LogP contribution in [0, 0.1) is 6.92 Å². The van der Waals surface area contributed by atoms with Crippen molar-refractivity contribution in [3.8, 4) is 0 Å². The third-order valence-electron chi connectivity index (χ3n) is 4.85. The molecule has 1 heterocycles. The first-order valence-electron chi connectivity index (χ1n) is 7.73. The molecular weight excluding hydrogens is 332 g/mol. The first-order chi connectivity index (χ1) is 10.0. The molecule has 0 bridgehead atoms. The van der Waals surface area contributed by atoms with Gasteiger partial charge in [-0.2, -0.15) is 5.10 Å². The van der Waals surface area contributed by atoms with Crippen LogP contribution in [-0.2, 0) is 18.2 Å². The first kappa shape index (κ1) is 16.9. The summed E-state index contributed by atoms with van der Waals surface area (Å²) in [6, 6.07) is 0.0895. The summed E-state index contributed by atoms with van der Waals surface area (Å²) in [4.78, 5) is 0. The fourth-order valence-corrected chi connectivity index (χ4v) is 4.01. The quantitative estimate of drug-likeness (QED) is 0.482. The van der Waals surface area contributed by atoms with E-state index < -0.39 is 0 Å². The number of rotatable bonds is 5. The van der Waals surface area contributed by atoms with Crippen molar-refractivity contribution >= 4 is 15.9 Å². The number of aromatic nitrogens is 2. The Morgan fingerprint density at radius 2 is 2.00 bits per heavy atom. The minimum Gasteiger partial charge on any atom is -0.377 e. The summed E-state index contributed by atoms with van der Waals surface area (Å²) >= 11 is 3.64. The summed E-state index contributed by atoms with van der Waals surface area (Å²) in [5.41, 5.74) is 5.01. The molecule has 2 rings (SSSR count). The minimum atomic E-state index is -0.178. The SMILES string of the molecule is COC1(C(Cc2c(Br)c(C)nn2C)NN)CCCCCC1. The van der Waals surface area contributed by atoms with Crippen LogP contribution in [0.25, 0.3) is 0 Å². The Hall–Kier alpha value is -0.430. The number of nitrogens with two attached hydrogens (primary N) is 1. The van der Waals surface area contributed by atoms with Gasteiger partial charge < -0.3 is 4.74 Å². The smallest absolute Gasteiger partial charge is 0.0848 e. The summed E-state index contributed by atoms with van der Waals surface area (Å²) in [5, 5.41) is 4.47. The molecule has 21 heavy (non-hydrogen) atoms. The van der Waals surface area contributed by atoms with Crippen LogP contribution in [0.1, 0.15) is 49.9 Å². The molecule has 0 aromatic carbocycles. The van der Waals surface area contributed by atoms with E-state index in [9.17, 15) is 0 Å². The molecule has 1 aliphatic carbocycles. The van der Waals surface area contributed by atoms with E-state index in [0.29, 0.717) is 0 Å². The van der Waals surface area contributed by atoms with E-state index in [-0.39, 0.29) is 11.6 Å². The Kier molecular flexibility index (Phi) is 5.82. The lowest BCUT2D eigenvalue weighted by molar-refractivity contribution is -0.0531. The summed E-state index contributed by atoms with van der Waals surface area (Å²) in [7, 11) is 3.80. The zero-order valence-electron chi connectivity index (χ0n) is 13.3. The number of hydrogen-bond acceptors (Lipinski definition) is 4. The van der Waals surface area contributed by atoms with Crippen molar-refractivity contribution < 1.29 is 4.74 Å². The summed E-state index contributed by atoms with van der Waals surface area (Å²) in [6.07, 6.45) is 7.92.